The Morgan fingerprint density at radius 2 is 2.29 bits per heavy atom. The van der Waals surface area contributed by atoms with Crippen LogP contribution in [0.25, 0.3) is 0 Å². The zero-order valence-corrected chi connectivity index (χ0v) is 12.0. The predicted molar refractivity (Wildman–Crippen MR) is 74.0 cm³/mol. The lowest BCUT2D eigenvalue weighted by atomic mass is 10.3. The van der Waals surface area contributed by atoms with Crippen molar-refractivity contribution in [1.29, 1.82) is 0 Å². The average Bonchev–Trinajstić information content (AvgIpc) is 2.70. The van der Waals surface area contributed by atoms with E-state index in [1.54, 1.807) is 18.3 Å². The fourth-order valence-electron chi connectivity index (χ4n) is 1.26. The van der Waals surface area contributed by atoms with Gasteiger partial charge in [0.15, 0.2) is 5.15 Å². The molecule has 3 nitrogen and oxygen atoms in total. The lowest BCUT2D eigenvalue weighted by Gasteiger charge is -2.05. The quantitative estimate of drug-likeness (QED) is 0.841. The molecular formula is C11H8BrClN2OS. The maximum Gasteiger partial charge on any atom is 0.265 e. The highest BCUT2D eigenvalue weighted by Gasteiger charge is 2.11. The van der Waals surface area contributed by atoms with E-state index in [0.29, 0.717) is 15.7 Å². The van der Waals surface area contributed by atoms with Crippen LogP contribution in [0.3, 0.4) is 0 Å². The largest absolute Gasteiger partial charge is 0.319 e. The van der Waals surface area contributed by atoms with Gasteiger partial charge in [-0.1, -0.05) is 11.6 Å². The van der Waals surface area contributed by atoms with Crippen molar-refractivity contribution in [3.05, 3.63) is 43.8 Å². The molecule has 0 saturated carbocycles. The van der Waals surface area contributed by atoms with Crippen LogP contribution in [0.2, 0.25) is 5.15 Å². The summed E-state index contributed by atoms with van der Waals surface area (Å²) in [6.45, 7) is 1.89. The first-order valence-electron chi connectivity index (χ1n) is 4.75. The third kappa shape index (κ3) is 3.06. The third-order valence-electron chi connectivity index (χ3n) is 2.02. The van der Waals surface area contributed by atoms with Crippen LogP contribution < -0.4 is 5.32 Å². The number of aromatic nitrogens is 1. The predicted octanol–water partition coefficient (Wildman–Crippen LogP) is 4.12. The number of nitrogens with one attached hydrogen (secondary N) is 1. The maximum atomic E-state index is 11.9. The molecule has 0 spiro atoms. The Morgan fingerprint density at radius 1 is 1.53 bits per heavy atom. The summed E-state index contributed by atoms with van der Waals surface area (Å²) in [5.41, 5.74) is 1.47. The van der Waals surface area contributed by atoms with Gasteiger partial charge in [-0.3, -0.25) is 4.79 Å². The molecule has 2 heterocycles. The van der Waals surface area contributed by atoms with Crippen molar-refractivity contribution in [2.75, 3.05) is 5.32 Å². The molecule has 0 saturated heterocycles. The van der Waals surface area contributed by atoms with Gasteiger partial charge in [0, 0.05) is 6.20 Å². The molecule has 0 aliphatic carbocycles. The molecule has 2 aromatic heterocycles. The van der Waals surface area contributed by atoms with Crippen molar-refractivity contribution < 1.29 is 4.79 Å². The molecule has 1 amide bonds. The van der Waals surface area contributed by atoms with Gasteiger partial charge >= 0.3 is 0 Å². The number of hydrogen-bond acceptors (Lipinski definition) is 3. The number of rotatable bonds is 2. The standard InChI is InChI=1S/C11H8BrClN2OS/c1-6-4-7(10(13)14-5-6)15-11(16)8-2-3-9(12)17-8/h2-5H,1H3,(H,15,16). The Kier molecular flexibility index (Phi) is 3.81. The minimum Gasteiger partial charge on any atom is -0.319 e. The summed E-state index contributed by atoms with van der Waals surface area (Å²) in [5.74, 6) is -0.185. The maximum absolute atomic E-state index is 11.9. The summed E-state index contributed by atoms with van der Waals surface area (Å²) in [6, 6.07) is 5.37. The molecule has 0 bridgehead atoms. The highest BCUT2D eigenvalue weighted by atomic mass is 79.9. The Balaban J connectivity index is 2.21. The van der Waals surface area contributed by atoms with Crippen LogP contribution in [0.1, 0.15) is 15.2 Å². The fourth-order valence-corrected chi connectivity index (χ4v) is 2.69. The zero-order chi connectivity index (χ0) is 12.4. The Morgan fingerprint density at radius 3 is 2.94 bits per heavy atom. The molecule has 0 unspecified atom stereocenters. The lowest BCUT2D eigenvalue weighted by molar-refractivity contribution is 0.103. The van der Waals surface area contributed by atoms with Crippen LogP contribution in [0, 0.1) is 6.92 Å². The summed E-state index contributed by atoms with van der Waals surface area (Å²) in [7, 11) is 0. The molecule has 2 rings (SSSR count). The summed E-state index contributed by atoms with van der Waals surface area (Å²) < 4.78 is 0.913. The zero-order valence-electron chi connectivity index (χ0n) is 8.83. The highest BCUT2D eigenvalue weighted by molar-refractivity contribution is 9.11. The van der Waals surface area contributed by atoms with Gasteiger partial charge in [0.25, 0.3) is 5.91 Å². The molecule has 1 N–H and O–H groups in total. The molecule has 17 heavy (non-hydrogen) atoms. The van der Waals surface area contributed by atoms with E-state index in [9.17, 15) is 4.79 Å². The van der Waals surface area contributed by atoms with Crippen LogP contribution >= 0.6 is 38.9 Å². The number of anilines is 1. The van der Waals surface area contributed by atoms with Crippen molar-refractivity contribution in [2.45, 2.75) is 6.92 Å². The number of hydrogen-bond donors (Lipinski definition) is 1. The number of amides is 1. The van der Waals surface area contributed by atoms with Crippen molar-refractivity contribution in [2.24, 2.45) is 0 Å². The van der Waals surface area contributed by atoms with E-state index in [0.717, 1.165) is 9.35 Å². The van der Waals surface area contributed by atoms with Crippen molar-refractivity contribution in [3.63, 3.8) is 0 Å². The smallest absolute Gasteiger partial charge is 0.265 e. The number of carbonyl (C=O) groups is 1. The molecular weight excluding hydrogens is 324 g/mol. The van der Waals surface area contributed by atoms with Gasteiger partial charge in [0.2, 0.25) is 0 Å². The molecule has 6 heteroatoms. The Hall–Kier alpha value is -0.910. The summed E-state index contributed by atoms with van der Waals surface area (Å²) in [6.07, 6.45) is 1.65. The lowest BCUT2D eigenvalue weighted by Crippen LogP contribution is -2.11. The molecule has 2 aromatic rings. The van der Waals surface area contributed by atoms with E-state index in [2.05, 4.69) is 26.2 Å². The summed E-state index contributed by atoms with van der Waals surface area (Å²) in [4.78, 5) is 16.5. The van der Waals surface area contributed by atoms with Crippen LogP contribution in [-0.2, 0) is 0 Å². The van der Waals surface area contributed by atoms with Gasteiger partial charge in [0.1, 0.15) is 0 Å². The number of thiophene rings is 1. The van der Waals surface area contributed by atoms with E-state index in [1.165, 1.54) is 11.3 Å². The van der Waals surface area contributed by atoms with Crippen molar-refractivity contribution in [3.8, 4) is 0 Å². The van der Waals surface area contributed by atoms with E-state index in [4.69, 9.17) is 11.6 Å². The number of nitrogens with zero attached hydrogens (tertiary/aromatic N) is 1. The van der Waals surface area contributed by atoms with E-state index >= 15 is 0 Å². The fraction of sp³-hybridized carbons (Fsp3) is 0.0909. The van der Waals surface area contributed by atoms with Crippen molar-refractivity contribution >= 4 is 50.5 Å². The molecule has 0 radical (unpaired) electrons. The second-order valence-electron chi connectivity index (χ2n) is 3.41. The molecule has 0 atom stereocenters. The number of aryl methyl sites for hydroxylation is 1. The topological polar surface area (TPSA) is 42.0 Å². The minimum absolute atomic E-state index is 0.185. The SMILES string of the molecule is Cc1cnc(Cl)c(NC(=O)c2ccc(Br)s2)c1. The van der Waals surface area contributed by atoms with E-state index in [1.807, 2.05) is 13.0 Å². The molecule has 0 aliphatic rings. The van der Waals surface area contributed by atoms with Crippen LogP contribution in [0.5, 0.6) is 0 Å². The first-order chi connectivity index (χ1) is 8.06. The van der Waals surface area contributed by atoms with Gasteiger partial charge in [0.05, 0.1) is 14.4 Å². The number of carbonyl (C=O) groups excluding carboxylic acids is 1. The van der Waals surface area contributed by atoms with E-state index in [-0.39, 0.29) is 5.91 Å². The normalized spacial score (nSPS) is 10.3. The van der Waals surface area contributed by atoms with Gasteiger partial charge in [-0.05, 0) is 46.6 Å². The van der Waals surface area contributed by atoms with Gasteiger partial charge in [-0.2, -0.15) is 0 Å². The second-order valence-corrected chi connectivity index (χ2v) is 6.23. The highest BCUT2D eigenvalue weighted by Crippen LogP contribution is 2.25. The van der Waals surface area contributed by atoms with Crippen LogP contribution in [-0.4, -0.2) is 10.9 Å². The molecule has 88 valence electrons. The monoisotopic (exact) mass is 330 g/mol. The van der Waals surface area contributed by atoms with Gasteiger partial charge in [-0.25, -0.2) is 4.98 Å². The van der Waals surface area contributed by atoms with Crippen LogP contribution in [0.15, 0.2) is 28.2 Å². The first-order valence-corrected chi connectivity index (χ1v) is 6.74. The minimum atomic E-state index is -0.185. The van der Waals surface area contributed by atoms with Crippen molar-refractivity contribution in [1.82, 2.24) is 4.98 Å². The Labute approximate surface area is 116 Å². The number of halogens is 2. The number of pyridine rings is 1. The van der Waals surface area contributed by atoms with Gasteiger partial charge < -0.3 is 5.32 Å². The molecule has 0 aliphatic heterocycles. The summed E-state index contributed by atoms with van der Waals surface area (Å²) in [5, 5.41) is 3.03. The average molecular weight is 332 g/mol. The summed E-state index contributed by atoms with van der Waals surface area (Å²) >= 11 is 10.6. The van der Waals surface area contributed by atoms with E-state index < -0.39 is 0 Å². The van der Waals surface area contributed by atoms with Crippen LogP contribution in [0.4, 0.5) is 5.69 Å². The Bertz CT molecular complexity index is 570. The first kappa shape index (κ1) is 12.5. The molecule has 0 aromatic carbocycles. The third-order valence-corrected chi connectivity index (χ3v) is 3.94. The molecule has 0 fully saturated rings. The second kappa shape index (κ2) is 5.16. The van der Waals surface area contributed by atoms with Gasteiger partial charge in [-0.15, -0.1) is 11.3 Å².